The van der Waals surface area contributed by atoms with Gasteiger partial charge in [-0.3, -0.25) is 4.68 Å². The Kier molecular flexibility index (Phi) is 3.85. The van der Waals surface area contributed by atoms with E-state index in [0.29, 0.717) is 18.1 Å². The SMILES string of the molecule is Cc1c(Cl)cnn1Cc1sccc1C#CCN. The second kappa shape index (κ2) is 5.37. The Morgan fingerprint density at radius 3 is 3.06 bits per heavy atom. The predicted molar refractivity (Wildman–Crippen MR) is 71.3 cm³/mol. The van der Waals surface area contributed by atoms with Crippen LogP contribution in [0.15, 0.2) is 17.6 Å². The molecule has 2 rings (SSSR count). The summed E-state index contributed by atoms with van der Waals surface area (Å²) < 4.78 is 1.88. The lowest BCUT2D eigenvalue weighted by Crippen LogP contribution is -2.03. The molecule has 0 aromatic carbocycles. The van der Waals surface area contributed by atoms with Crippen LogP contribution in [0, 0.1) is 18.8 Å². The molecule has 3 nitrogen and oxygen atoms in total. The van der Waals surface area contributed by atoms with Gasteiger partial charge < -0.3 is 5.73 Å². The van der Waals surface area contributed by atoms with Crippen LogP contribution in [-0.4, -0.2) is 16.3 Å². The molecule has 0 atom stereocenters. The molecule has 2 aromatic heterocycles. The van der Waals surface area contributed by atoms with Gasteiger partial charge in [-0.05, 0) is 18.4 Å². The van der Waals surface area contributed by atoms with Crippen molar-refractivity contribution in [3.8, 4) is 11.8 Å². The molecule has 0 aliphatic rings. The van der Waals surface area contributed by atoms with Crippen LogP contribution in [0.3, 0.4) is 0 Å². The summed E-state index contributed by atoms with van der Waals surface area (Å²) in [5.41, 5.74) is 7.36. The molecule has 0 amide bonds. The van der Waals surface area contributed by atoms with Gasteiger partial charge in [0.1, 0.15) is 0 Å². The molecule has 0 bridgehead atoms. The lowest BCUT2D eigenvalue weighted by molar-refractivity contribution is 0.671. The van der Waals surface area contributed by atoms with Gasteiger partial charge >= 0.3 is 0 Å². The Balaban J connectivity index is 2.25. The van der Waals surface area contributed by atoms with Crippen molar-refractivity contribution in [1.82, 2.24) is 9.78 Å². The van der Waals surface area contributed by atoms with Gasteiger partial charge in [-0.15, -0.1) is 11.3 Å². The molecule has 2 aromatic rings. The molecular formula is C12H12ClN3S. The zero-order chi connectivity index (χ0) is 12.3. The van der Waals surface area contributed by atoms with Crippen molar-refractivity contribution in [3.63, 3.8) is 0 Å². The first-order valence-corrected chi connectivity index (χ1v) is 6.41. The molecule has 0 aliphatic heterocycles. The van der Waals surface area contributed by atoms with Crippen LogP contribution in [0.2, 0.25) is 5.02 Å². The Labute approximate surface area is 109 Å². The van der Waals surface area contributed by atoms with Crippen LogP contribution >= 0.6 is 22.9 Å². The average Bonchev–Trinajstić information content (AvgIpc) is 2.89. The van der Waals surface area contributed by atoms with Gasteiger partial charge in [0.05, 0.1) is 30.0 Å². The minimum atomic E-state index is 0.377. The van der Waals surface area contributed by atoms with Crippen LogP contribution < -0.4 is 5.73 Å². The molecule has 0 saturated carbocycles. The predicted octanol–water partition coefficient (Wildman–Crippen LogP) is 2.26. The molecule has 0 saturated heterocycles. The molecule has 17 heavy (non-hydrogen) atoms. The molecule has 2 N–H and O–H groups in total. The highest BCUT2D eigenvalue weighted by Gasteiger charge is 2.07. The highest BCUT2D eigenvalue weighted by Crippen LogP contribution is 2.20. The minimum Gasteiger partial charge on any atom is -0.320 e. The fraction of sp³-hybridized carbons (Fsp3) is 0.250. The largest absolute Gasteiger partial charge is 0.320 e. The molecule has 2 heterocycles. The van der Waals surface area contributed by atoms with Crippen LogP contribution in [0.1, 0.15) is 16.1 Å². The van der Waals surface area contributed by atoms with Gasteiger partial charge in [0.25, 0.3) is 0 Å². The molecule has 0 spiro atoms. The topological polar surface area (TPSA) is 43.8 Å². The summed E-state index contributed by atoms with van der Waals surface area (Å²) in [6, 6.07) is 2.00. The number of hydrogen-bond donors (Lipinski definition) is 1. The normalized spacial score (nSPS) is 10.1. The van der Waals surface area contributed by atoms with Gasteiger partial charge in [-0.1, -0.05) is 23.4 Å². The molecule has 0 unspecified atom stereocenters. The first-order chi connectivity index (χ1) is 8.22. The standard InChI is InChI=1S/C12H12ClN3S/c1-9-11(13)7-15-16(9)8-12-10(3-2-5-14)4-6-17-12/h4,6-7H,5,8,14H2,1H3. The first-order valence-electron chi connectivity index (χ1n) is 5.15. The molecule has 0 radical (unpaired) electrons. The van der Waals surface area contributed by atoms with Crippen molar-refractivity contribution in [2.24, 2.45) is 5.73 Å². The van der Waals surface area contributed by atoms with E-state index >= 15 is 0 Å². The van der Waals surface area contributed by atoms with Crippen molar-refractivity contribution in [3.05, 3.63) is 38.8 Å². The van der Waals surface area contributed by atoms with Gasteiger partial charge in [-0.2, -0.15) is 5.10 Å². The lowest BCUT2D eigenvalue weighted by atomic mass is 10.2. The van der Waals surface area contributed by atoms with E-state index in [9.17, 15) is 0 Å². The number of rotatable bonds is 2. The zero-order valence-electron chi connectivity index (χ0n) is 9.40. The summed E-state index contributed by atoms with van der Waals surface area (Å²) >= 11 is 7.63. The summed E-state index contributed by atoms with van der Waals surface area (Å²) in [6.45, 7) is 3.03. The smallest absolute Gasteiger partial charge is 0.0815 e. The Morgan fingerprint density at radius 1 is 1.59 bits per heavy atom. The average molecular weight is 266 g/mol. The fourth-order valence-electron chi connectivity index (χ4n) is 1.44. The maximum absolute atomic E-state index is 5.97. The first kappa shape index (κ1) is 12.2. The number of nitrogens with zero attached hydrogens (tertiary/aromatic N) is 2. The quantitative estimate of drug-likeness (QED) is 0.847. The Morgan fingerprint density at radius 2 is 2.41 bits per heavy atom. The monoisotopic (exact) mass is 265 g/mol. The van der Waals surface area contributed by atoms with E-state index in [1.165, 1.54) is 4.88 Å². The number of thiophene rings is 1. The van der Waals surface area contributed by atoms with E-state index in [0.717, 1.165) is 11.3 Å². The Hall–Kier alpha value is -1.28. The van der Waals surface area contributed by atoms with E-state index in [-0.39, 0.29) is 0 Å². The maximum Gasteiger partial charge on any atom is 0.0815 e. The molecule has 0 fully saturated rings. The summed E-state index contributed by atoms with van der Waals surface area (Å²) in [5, 5.41) is 6.95. The van der Waals surface area contributed by atoms with Crippen molar-refractivity contribution < 1.29 is 0 Å². The van der Waals surface area contributed by atoms with Crippen LogP contribution in [0.25, 0.3) is 0 Å². The highest BCUT2D eigenvalue weighted by atomic mass is 35.5. The number of hydrogen-bond acceptors (Lipinski definition) is 3. The van der Waals surface area contributed by atoms with E-state index in [1.807, 2.05) is 23.1 Å². The second-order valence-corrected chi connectivity index (χ2v) is 4.91. The lowest BCUT2D eigenvalue weighted by Gasteiger charge is -2.03. The van der Waals surface area contributed by atoms with Crippen LogP contribution in [0.4, 0.5) is 0 Å². The van der Waals surface area contributed by atoms with E-state index < -0.39 is 0 Å². The van der Waals surface area contributed by atoms with Gasteiger partial charge in [-0.25, -0.2) is 0 Å². The summed E-state index contributed by atoms with van der Waals surface area (Å²) in [5.74, 6) is 5.93. The third kappa shape index (κ3) is 2.70. The van der Waals surface area contributed by atoms with Crippen molar-refractivity contribution in [1.29, 1.82) is 0 Å². The summed E-state index contributed by atoms with van der Waals surface area (Å²) in [6.07, 6.45) is 1.66. The van der Waals surface area contributed by atoms with Gasteiger partial charge in [0.15, 0.2) is 0 Å². The zero-order valence-corrected chi connectivity index (χ0v) is 11.0. The van der Waals surface area contributed by atoms with E-state index in [1.54, 1.807) is 17.5 Å². The molecule has 5 heteroatoms. The fourth-order valence-corrected chi connectivity index (χ4v) is 2.39. The third-order valence-corrected chi connectivity index (χ3v) is 3.68. The minimum absolute atomic E-state index is 0.377. The van der Waals surface area contributed by atoms with Gasteiger partial charge in [0, 0.05) is 10.4 Å². The number of halogens is 1. The summed E-state index contributed by atoms with van der Waals surface area (Å²) in [7, 11) is 0. The third-order valence-electron chi connectivity index (χ3n) is 2.41. The van der Waals surface area contributed by atoms with E-state index in [4.69, 9.17) is 17.3 Å². The van der Waals surface area contributed by atoms with Crippen molar-refractivity contribution in [2.45, 2.75) is 13.5 Å². The number of nitrogens with two attached hydrogens (primary N) is 1. The number of aromatic nitrogens is 2. The molecule has 88 valence electrons. The maximum atomic E-state index is 5.97. The van der Waals surface area contributed by atoms with Gasteiger partial charge in [0.2, 0.25) is 0 Å². The summed E-state index contributed by atoms with van der Waals surface area (Å²) in [4.78, 5) is 1.17. The van der Waals surface area contributed by atoms with Crippen LogP contribution in [-0.2, 0) is 6.54 Å². The van der Waals surface area contributed by atoms with Crippen molar-refractivity contribution >= 4 is 22.9 Å². The Bertz CT molecular complexity index is 574. The second-order valence-electron chi connectivity index (χ2n) is 3.50. The van der Waals surface area contributed by atoms with Crippen LogP contribution in [0.5, 0.6) is 0 Å². The van der Waals surface area contributed by atoms with E-state index in [2.05, 4.69) is 16.9 Å². The highest BCUT2D eigenvalue weighted by molar-refractivity contribution is 7.10. The van der Waals surface area contributed by atoms with Crippen molar-refractivity contribution in [2.75, 3.05) is 6.54 Å². The molecular weight excluding hydrogens is 254 g/mol. The molecule has 0 aliphatic carbocycles.